The molecule has 28 heavy (non-hydrogen) atoms. The third kappa shape index (κ3) is 5.03. The summed E-state index contributed by atoms with van der Waals surface area (Å²) in [6.45, 7) is 1.31. The highest BCUT2D eigenvalue weighted by molar-refractivity contribution is 7.55. The van der Waals surface area contributed by atoms with Gasteiger partial charge in [0.2, 0.25) is 0 Å². The maximum atomic E-state index is 6.23. The lowest BCUT2D eigenvalue weighted by atomic mass is 10.2. The van der Waals surface area contributed by atoms with Crippen molar-refractivity contribution in [2.24, 2.45) is 0 Å². The van der Waals surface area contributed by atoms with E-state index in [2.05, 4.69) is 41.7 Å². The largest absolute Gasteiger partial charge is 0.497 e. The van der Waals surface area contributed by atoms with Crippen LogP contribution >= 0.6 is 8.58 Å². The van der Waals surface area contributed by atoms with E-state index in [1.807, 2.05) is 37.4 Å². The van der Waals surface area contributed by atoms with E-state index in [0.717, 1.165) is 28.9 Å². The van der Waals surface area contributed by atoms with Crippen LogP contribution < -0.4 is 30.1 Å². The van der Waals surface area contributed by atoms with Gasteiger partial charge in [0.15, 0.2) is 11.5 Å². The lowest BCUT2D eigenvalue weighted by Gasteiger charge is -2.18. The van der Waals surface area contributed by atoms with Crippen LogP contribution in [0.2, 0.25) is 0 Å². The number of benzene rings is 3. The summed E-state index contributed by atoms with van der Waals surface area (Å²) in [4.78, 5) is 0. The molecule has 3 aromatic carbocycles. The van der Waals surface area contributed by atoms with E-state index < -0.39 is 0 Å². The molecule has 1 atom stereocenters. The zero-order chi connectivity index (χ0) is 19.8. The lowest BCUT2D eigenvalue weighted by molar-refractivity contribution is 0.286. The molecule has 1 N–H and O–H groups in total. The highest BCUT2D eigenvalue weighted by Crippen LogP contribution is 2.35. The zero-order valence-corrected chi connectivity index (χ0v) is 17.5. The van der Waals surface area contributed by atoms with E-state index in [1.165, 1.54) is 10.9 Å². The molecule has 0 aliphatic rings. The number of hydrogen-bond acceptors (Lipinski definition) is 4. The van der Waals surface area contributed by atoms with Gasteiger partial charge in [-0.15, -0.1) is 0 Å². The molecule has 0 fully saturated rings. The summed E-state index contributed by atoms with van der Waals surface area (Å²) in [5.41, 5.74) is 2.39. The Morgan fingerprint density at radius 1 is 0.857 bits per heavy atom. The molecule has 3 aromatic rings. The number of nitrogens with one attached hydrogen (secondary N) is 1. The minimum Gasteiger partial charge on any atom is -0.497 e. The van der Waals surface area contributed by atoms with Crippen LogP contribution in [0.3, 0.4) is 0 Å². The van der Waals surface area contributed by atoms with Gasteiger partial charge in [-0.05, 0) is 29.5 Å². The first kappa shape index (κ1) is 20.2. The van der Waals surface area contributed by atoms with Gasteiger partial charge < -0.3 is 19.5 Å². The van der Waals surface area contributed by atoms with Crippen molar-refractivity contribution < 1.29 is 14.2 Å². The number of methoxy groups -OCH3 is 2. The predicted octanol–water partition coefficient (Wildman–Crippen LogP) is 3.63. The zero-order valence-electron chi connectivity index (χ0n) is 16.5. The van der Waals surface area contributed by atoms with Gasteiger partial charge in [-0.1, -0.05) is 63.2 Å². The van der Waals surface area contributed by atoms with E-state index in [1.54, 1.807) is 14.2 Å². The summed E-state index contributed by atoms with van der Waals surface area (Å²) < 4.78 is 17.3. The van der Waals surface area contributed by atoms with Crippen molar-refractivity contribution in [1.82, 2.24) is 5.32 Å². The monoisotopic (exact) mass is 395 g/mol. The Labute approximate surface area is 168 Å². The fraction of sp³-hybridized carbons (Fsp3) is 0.217. The summed E-state index contributed by atoms with van der Waals surface area (Å²) in [5.74, 6) is 2.21. The van der Waals surface area contributed by atoms with Gasteiger partial charge in [0.1, 0.15) is 12.4 Å². The van der Waals surface area contributed by atoms with Crippen LogP contribution in [0.25, 0.3) is 0 Å². The van der Waals surface area contributed by atoms with Crippen molar-refractivity contribution in [3.05, 3.63) is 77.9 Å². The molecule has 1 unspecified atom stereocenters. The predicted molar refractivity (Wildman–Crippen MR) is 117 cm³/mol. The molecule has 0 spiro atoms. The van der Waals surface area contributed by atoms with Crippen molar-refractivity contribution in [2.75, 3.05) is 21.3 Å². The average molecular weight is 395 g/mol. The minimum absolute atomic E-state index is 0.426. The van der Waals surface area contributed by atoms with Crippen LogP contribution in [-0.2, 0) is 13.2 Å². The molecular weight excluding hydrogens is 369 g/mol. The van der Waals surface area contributed by atoms with E-state index >= 15 is 0 Å². The van der Waals surface area contributed by atoms with Crippen LogP contribution in [0, 0.1) is 0 Å². The topological polar surface area (TPSA) is 39.7 Å². The minimum atomic E-state index is 0.426. The van der Waals surface area contributed by atoms with Gasteiger partial charge in [-0.2, -0.15) is 0 Å². The third-order valence-corrected chi connectivity index (χ3v) is 5.76. The van der Waals surface area contributed by atoms with Crippen molar-refractivity contribution >= 4 is 19.2 Å². The maximum absolute atomic E-state index is 6.23. The van der Waals surface area contributed by atoms with Crippen LogP contribution in [0.4, 0.5) is 0 Å². The van der Waals surface area contributed by atoms with Crippen LogP contribution in [-0.4, -0.2) is 21.3 Å². The molecule has 0 bridgehead atoms. The average Bonchev–Trinajstić information content (AvgIpc) is 2.74. The standard InChI is InChI=1S/C23H26NO3P/c1-24-15-18-11-7-8-12-21(18)28-22-14-19(25-2)13-20(26-3)23(22)27-16-17-9-5-4-6-10-17/h4-14,24,28H,15-16H2,1-3H3. The second-order valence-electron chi connectivity index (χ2n) is 6.29. The SMILES string of the molecule is CNCc1ccccc1Pc1cc(OC)cc(OC)c1OCc1ccccc1. The molecule has 0 amide bonds. The molecule has 146 valence electrons. The molecule has 0 aliphatic carbocycles. The Morgan fingerprint density at radius 3 is 2.32 bits per heavy atom. The molecule has 4 nitrogen and oxygen atoms in total. The molecular formula is C23H26NO3P. The Hall–Kier alpha value is -2.55. The highest BCUT2D eigenvalue weighted by atomic mass is 31.1. The second kappa shape index (κ2) is 10.1. The molecule has 0 radical (unpaired) electrons. The lowest BCUT2D eigenvalue weighted by Crippen LogP contribution is -2.16. The quantitative estimate of drug-likeness (QED) is 0.562. The van der Waals surface area contributed by atoms with Crippen LogP contribution in [0.15, 0.2) is 66.7 Å². The van der Waals surface area contributed by atoms with E-state index in [9.17, 15) is 0 Å². The van der Waals surface area contributed by atoms with Gasteiger partial charge in [-0.25, -0.2) is 0 Å². The first-order valence-corrected chi connectivity index (χ1v) is 10.2. The van der Waals surface area contributed by atoms with Crippen molar-refractivity contribution in [1.29, 1.82) is 0 Å². The number of rotatable bonds is 9. The van der Waals surface area contributed by atoms with Gasteiger partial charge in [0, 0.05) is 17.9 Å². The molecule has 5 heteroatoms. The fourth-order valence-electron chi connectivity index (χ4n) is 2.95. The number of ether oxygens (including phenoxy) is 3. The Balaban J connectivity index is 1.96. The van der Waals surface area contributed by atoms with E-state index in [-0.39, 0.29) is 0 Å². The van der Waals surface area contributed by atoms with Crippen molar-refractivity contribution in [3.8, 4) is 17.2 Å². The third-order valence-electron chi connectivity index (χ3n) is 4.36. The van der Waals surface area contributed by atoms with Crippen molar-refractivity contribution in [2.45, 2.75) is 13.2 Å². The second-order valence-corrected chi connectivity index (χ2v) is 7.62. The molecule has 0 aliphatic heterocycles. The summed E-state index contributed by atoms with van der Waals surface area (Å²) in [6.07, 6.45) is 0. The first-order valence-electron chi connectivity index (χ1n) is 9.17. The normalized spacial score (nSPS) is 11.0. The van der Waals surface area contributed by atoms with Gasteiger partial charge in [0.25, 0.3) is 0 Å². The summed E-state index contributed by atoms with van der Waals surface area (Å²) in [6, 6.07) is 22.5. The molecule has 0 saturated heterocycles. The number of hydrogen-bond donors (Lipinski definition) is 1. The van der Waals surface area contributed by atoms with E-state index in [4.69, 9.17) is 14.2 Å². The van der Waals surface area contributed by atoms with Gasteiger partial charge in [-0.3, -0.25) is 0 Å². The maximum Gasteiger partial charge on any atom is 0.169 e. The highest BCUT2D eigenvalue weighted by Gasteiger charge is 2.16. The Bertz CT molecular complexity index is 900. The first-order chi connectivity index (χ1) is 13.7. The Morgan fingerprint density at radius 2 is 1.61 bits per heavy atom. The van der Waals surface area contributed by atoms with Crippen molar-refractivity contribution in [3.63, 3.8) is 0 Å². The summed E-state index contributed by atoms with van der Waals surface area (Å²) >= 11 is 0. The van der Waals surface area contributed by atoms with Gasteiger partial charge >= 0.3 is 0 Å². The fourth-order valence-corrected chi connectivity index (χ4v) is 4.28. The molecule has 0 aromatic heterocycles. The summed E-state index contributed by atoms with van der Waals surface area (Å²) in [7, 11) is 5.71. The van der Waals surface area contributed by atoms with Crippen LogP contribution in [0.5, 0.6) is 17.2 Å². The smallest absolute Gasteiger partial charge is 0.169 e. The molecule has 3 rings (SSSR count). The molecule has 0 saturated carbocycles. The van der Waals surface area contributed by atoms with Crippen LogP contribution in [0.1, 0.15) is 11.1 Å². The summed E-state index contributed by atoms with van der Waals surface area (Å²) in [5, 5.41) is 5.58. The van der Waals surface area contributed by atoms with Gasteiger partial charge in [0.05, 0.1) is 14.2 Å². The van der Waals surface area contributed by atoms with E-state index in [0.29, 0.717) is 20.9 Å². The molecule has 0 heterocycles. The Kier molecular flexibility index (Phi) is 7.30.